The summed E-state index contributed by atoms with van der Waals surface area (Å²) in [4.78, 5) is 14.7. The quantitative estimate of drug-likeness (QED) is 0.921. The van der Waals surface area contributed by atoms with E-state index in [0.29, 0.717) is 18.7 Å². The number of carbonyl (C=O) groups is 1. The van der Waals surface area contributed by atoms with Crippen LogP contribution >= 0.6 is 0 Å². The van der Waals surface area contributed by atoms with Crippen molar-refractivity contribution in [2.24, 2.45) is 0 Å². The van der Waals surface area contributed by atoms with Crippen molar-refractivity contribution < 1.29 is 13.9 Å². The summed E-state index contributed by atoms with van der Waals surface area (Å²) in [5, 5.41) is 7.31. The Morgan fingerprint density at radius 3 is 3.08 bits per heavy atom. The molecule has 2 atom stereocenters. The molecule has 6 heteroatoms. The summed E-state index contributed by atoms with van der Waals surface area (Å²) in [6.07, 6.45) is 1.89. The van der Waals surface area contributed by atoms with Crippen molar-refractivity contribution in [1.29, 1.82) is 0 Å². The number of nitrogens with zero attached hydrogens (tertiary/aromatic N) is 2. The van der Waals surface area contributed by atoms with Crippen LogP contribution in [0, 0.1) is 12.7 Å². The lowest BCUT2D eigenvalue weighted by atomic mass is 9.94. The lowest BCUT2D eigenvalue weighted by molar-refractivity contribution is -0.139. The van der Waals surface area contributed by atoms with Gasteiger partial charge in [-0.1, -0.05) is 0 Å². The van der Waals surface area contributed by atoms with Gasteiger partial charge in [0.25, 0.3) is 5.91 Å². The topological polar surface area (TPSA) is 58.2 Å². The number of nitrogens with one attached hydrogen (secondary N) is 1. The highest BCUT2D eigenvalue weighted by molar-refractivity contribution is 5.82. The van der Waals surface area contributed by atoms with Crippen molar-refractivity contribution >= 4 is 5.91 Å². The van der Waals surface area contributed by atoms with Gasteiger partial charge in [-0.05, 0) is 44.0 Å². The van der Waals surface area contributed by atoms with E-state index in [4.69, 9.17) is 4.74 Å². The van der Waals surface area contributed by atoms with E-state index in [1.165, 1.54) is 12.1 Å². The average molecular weight is 329 g/mol. The molecule has 1 aromatic heterocycles. The van der Waals surface area contributed by atoms with E-state index in [9.17, 15) is 9.18 Å². The van der Waals surface area contributed by atoms with Crippen LogP contribution in [0.25, 0.3) is 0 Å². The first-order valence-electron chi connectivity index (χ1n) is 8.36. The van der Waals surface area contributed by atoms with Gasteiger partial charge in [0.15, 0.2) is 6.10 Å². The van der Waals surface area contributed by atoms with Gasteiger partial charge in [-0.3, -0.25) is 9.89 Å². The number of halogens is 1. The van der Waals surface area contributed by atoms with Gasteiger partial charge in [-0.2, -0.15) is 5.10 Å². The van der Waals surface area contributed by atoms with E-state index >= 15 is 0 Å². The normalized spacial score (nSPS) is 23.0. The highest BCUT2D eigenvalue weighted by Gasteiger charge is 2.35. The second-order valence-electron chi connectivity index (χ2n) is 6.66. The molecule has 2 aliphatic heterocycles. The van der Waals surface area contributed by atoms with E-state index in [2.05, 4.69) is 10.2 Å². The van der Waals surface area contributed by atoms with Gasteiger partial charge in [-0.25, -0.2) is 4.39 Å². The van der Waals surface area contributed by atoms with E-state index in [1.807, 2.05) is 17.9 Å². The SMILES string of the molecule is Cc1cc([C@@H]2CCCN(C(=O)[C@@H]3Cc4cc(F)ccc4O3)C2)n[nH]1. The molecule has 24 heavy (non-hydrogen) atoms. The number of ether oxygens (including phenoxy) is 1. The number of hydrogen-bond acceptors (Lipinski definition) is 3. The fourth-order valence-corrected chi connectivity index (χ4v) is 3.63. The van der Waals surface area contributed by atoms with Crippen LogP contribution in [0.2, 0.25) is 0 Å². The Bertz CT molecular complexity index is 773. The van der Waals surface area contributed by atoms with Gasteiger partial charge in [0.05, 0.1) is 5.69 Å². The summed E-state index contributed by atoms with van der Waals surface area (Å²) in [6.45, 7) is 3.38. The number of rotatable bonds is 2. The largest absolute Gasteiger partial charge is 0.480 e. The molecule has 0 bridgehead atoms. The Morgan fingerprint density at radius 2 is 2.29 bits per heavy atom. The summed E-state index contributed by atoms with van der Waals surface area (Å²) in [6, 6.07) is 6.46. The molecule has 0 saturated carbocycles. The van der Waals surface area contributed by atoms with Gasteiger partial charge in [0, 0.05) is 36.7 Å². The molecule has 1 saturated heterocycles. The zero-order valence-electron chi connectivity index (χ0n) is 13.6. The third-order valence-corrected chi connectivity index (χ3v) is 4.85. The first-order chi connectivity index (χ1) is 11.6. The molecule has 5 nitrogen and oxygen atoms in total. The number of hydrogen-bond donors (Lipinski definition) is 1. The molecule has 2 aliphatic rings. The molecule has 0 radical (unpaired) electrons. The second kappa shape index (κ2) is 5.92. The number of likely N-dealkylation sites (tertiary alicyclic amines) is 1. The molecule has 3 heterocycles. The molecular formula is C18H20FN3O2. The van der Waals surface area contributed by atoms with Gasteiger partial charge >= 0.3 is 0 Å². The molecule has 0 unspecified atom stereocenters. The molecule has 0 aliphatic carbocycles. The van der Waals surface area contributed by atoms with Gasteiger partial charge in [0.1, 0.15) is 11.6 Å². The smallest absolute Gasteiger partial charge is 0.264 e. The second-order valence-corrected chi connectivity index (χ2v) is 6.66. The number of aryl methyl sites for hydroxylation is 1. The first kappa shape index (κ1) is 15.2. The first-order valence-corrected chi connectivity index (χ1v) is 8.36. The van der Waals surface area contributed by atoms with Gasteiger partial charge in [-0.15, -0.1) is 0 Å². The summed E-state index contributed by atoms with van der Waals surface area (Å²) >= 11 is 0. The van der Waals surface area contributed by atoms with Crippen molar-refractivity contribution in [1.82, 2.24) is 15.1 Å². The Morgan fingerprint density at radius 1 is 1.42 bits per heavy atom. The fourth-order valence-electron chi connectivity index (χ4n) is 3.63. The summed E-state index contributed by atoms with van der Waals surface area (Å²) in [5.41, 5.74) is 2.82. The predicted molar refractivity (Wildman–Crippen MR) is 86.4 cm³/mol. The lowest BCUT2D eigenvalue weighted by Gasteiger charge is -2.33. The molecule has 126 valence electrons. The Labute approximate surface area is 139 Å². The zero-order chi connectivity index (χ0) is 16.7. The van der Waals surface area contributed by atoms with Crippen LogP contribution in [0.4, 0.5) is 4.39 Å². The number of amides is 1. The summed E-state index contributed by atoms with van der Waals surface area (Å²) in [7, 11) is 0. The predicted octanol–water partition coefficient (Wildman–Crippen LogP) is 2.57. The van der Waals surface area contributed by atoms with E-state index < -0.39 is 6.10 Å². The van der Waals surface area contributed by atoms with Gasteiger partial charge < -0.3 is 9.64 Å². The van der Waals surface area contributed by atoms with Crippen molar-refractivity contribution in [2.45, 2.75) is 38.2 Å². The number of H-pyrrole nitrogens is 1. The maximum atomic E-state index is 13.3. The molecule has 0 spiro atoms. The van der Waals surface area contributed by atoms with Crippen molar-refractivity contribution in [3.05, 3.63) is 47.0 Å². The minimum absolute atomic E-state index is 0.0106. The highest BCUT2D eigenvalue weighted by atomic mass is 19.1. The molecule has 1 fully saturated rings. The van der Waals surface area contributed by atoms with E-state index in [0.717, 1.165) is 36.3 Å². The van der Waals surface area contributed by atoms with Gasteiger partial charge in [0.2, 0.25) is 0 Å². The van der Waals surface area contributed by atoms with Crippen molar-refractivity contribution in [3.8, 4) is 5.75 Å². The summed E-state index contributed by atoms with van der Waals surface area (Å²) in [5.74, 6) is 0.570. The Balaban J connectivity index is 1.45. The molecule has 4 rings (SSSR count). The molecule has 1 N–H and O–H groups in total. The van der Waals surface area contributed by atoms with Crippen LogP contribution < -0.4 is 4.74 Å². The van der Waals surface area contributed by atoms with Crippen LogP contribution in [0.5, 0.6) is 5.75 Å². The molecular weight excluding hydrogens is 309 g/mol. The fraction of sp³-hybridized carbons (Fsp3) is 0.444. The Hall–Kier alpha value is -2.37. The molecule has 2 aromatic rings. The van der Waals surface area contributed by atoms with Crippen LogP contribution in [-0.4, -0.2) is 40.2 Å². The third-order valence-electron chi connectivity index (χ3n) is 4.85. The molecule has 1 amide bonds. The minimum atomic E-state index is -0.540. The highest BCUT2D eigenvalue weighted by Crippen LogP contribution is 2.32. The maximum Gasteiger partial charge on any atom is 0.264 e. The standard InChI is InChI=1S/C18H20FN3O2/c1-11-7-15(21-20-11)12-3-2-6-22(10-12)18(23)17-9-13-8-14(19)4-5-16(13)24-17/h4-5,7-8,12,17H,2-3,6,9-10H2,1H3,(H,20,21)/t12-,17+/m1/s1. The zero-order valence-corrected chi connectivity index (χ0v) is 13.6. The number of fused-ring (bicyclic) bond motifs is 1. The summed E-state index contributed by atoms with van der Waals surface area (Å²) < 4.78 is 19.1. The average Bonchev–Trinajstić information content (AvgIpc) is 3.20. The van der Waals surface area contributed by atoms with Crippen molar-refractivity contribution in [3.63, 3.8) is 0 Å². The number of piperidine rings is 1. The monoisotopic (exact) mass is 329 g/mol. The molecule has 1 aromatic carbocycles. The van der Waals surface area contributed by atoms with E-state index in [-0.39, 0.29) is 17.6 Å². The third kappa shape index (κ3) is 2.77. The van der Waals surface area contributed by atoms with Crippen molar-refractivity contribution in [2.75, 3.05) is 13.1 Å². The lowest BCUT2D eigenvalue weighted by Crippen LogP contribution is -2.46. The van der Waals surface area contributed by atoms with Crippen LogP contribution in [0.15, 0.2) is 24.3 Å². The Kier molecular flexibility index (Phi) is 3.75. The van der Waals surface area contributed by atoms with Crippen LogP contribution in [0.1, 0.15) is 35.7 Å². The van der Waals surface area contributed by atoms with Crippen LogP contribution in [0.3, 0.4) is 0 Å². The van der Waals surface area contributed by atoms with E-state index in [1.54, 1.807) is 6.07 Å². The maximum absolute atomic E-state index is 13.3. The van der Waals surface area contributed by atoms with Crippen LogP contribution in [-0.2, 0) is 11.2 Å². The number of aromatic amines is 1. The minimum Gasteiger partial charge on any atom is -0.480 e. The number of aromatic nitrogens is 2. The number of benzene rings is 1. The number of carbonyl (C=O) groups excluding carboxylic acids is 1.